The maximum Gasteiger partial charge on any atom is 0.315 e. The molecule has 51 heavy (non-hydrogen) atoms. The number of nitrogens with zero attached hydrogens (tertiary/aromatic N) is 1. The van der Waals surface area contributed by atoms with Crippen molar-refractivity contribution in [2.24, 2.45) is 28.6 Å². The van der Waals surface area contributed by atoms with E-state index in [1.54, 1.807) is 20.8 Å². The second-order valence-corrected chi connectivity index (χ2v) is 20.6. The molecule has 4 rings (SSSR count). The van der Waals surface area contributed by atoms with Crippen LogP contribution in [0.5, 0.6) is 0 Å². The van der Waals surface area contributed by atoms with Crippen LogP contribution in [0, 0.1) is 28.6 Å². The van der Waals surface area contributed by atoms with Crippen LogP contribution >= 0.6 is 0 Å². The van der Waals surface area contributed by atoms with Gasteiger partial charge in [-0.25, -0.2) is 22.0 Å². The average molecular weight is 742 g/mol. The van der Waals surface area contributed by atoms with Crippen LogP contribution in [0.4, 0.5) is 13.6 Å². The normalized spacial score (nSPS) is 26.2. The van der Waals surface area contributed by atoms with E-state index < -0.39 is 97.7 Å². The molecule has 1 aliphatic heterocycles. The van der Waals surface area contributed by atoms with E-state index in [2.05, 4.69) is 27.8 Å². The molecule has 0 aromatic heterocycles. The first kappa shape index (κ1) is 40.7. The number of halogens is 2. The molecule has 0 spiro atoms. The number of hydrogen-bond donors (Lipinski definition) is 4. The van der Waals surface area contributed by atoms with E-state index in [9.17, 15) is 41.2 Å². The molecule has 3 aliphatic carbocycles. The van der Waals surface area contributed by atoms with Gasteiger partial charge in [-0.05, 0) is 68.6 Å². The van der Waals surface area contributed by atoms with Crippen molar-refractivity contribution in [2.75, 3.05) is 18.8 Å². The van der Waals surface area contributed by atoms with Crippen molar-refractivity contribution in [3.05, 3.63) is 12.7 Å². The number of carbonyl (C=O) groups excluding carboxylic acids is 5. The van der Waals surface area contributed by atoms with Gasteiger partial charge in [0.1, 0.15) is 12.1 Å². The summed E-state index contributed by atoms with van der Waals surface area (Å²) in [6, 6.07) is -4.10. The quantitative estimate of drug-likeness (QED) is 0.165. The molecule has 4 fully saturated rings. The van der Waals surface area contributed by atoms with E-state index >= 15 is 0 Å². The Morgan fingerprint density at radius 2 is 1.55 bits per heavy atom. The van der Waals surface area contributed by atoms with Gasteiger partial charge in [0.25, 0.3) is 5.91 Å². The summed E-state index contributed by atoms with van der Waals surface area (Å²) in [7, 11) is -3.84. The van der Waals surface area contributed by atoms with Gasteiger partial charge < -0.3 is 26.2 Å². The fourth-order valence-electron chi connectivity index (χ4n) is 7.60. The molecule has 2 unspecified atom stereocenters. The van der Waals surface area contributed by atoms with Crippen molar-refractivity contribution in [1.29, 1.82) is 0 Å². The van der Waals surface area contributed by atoms with Crippen molar-refractivity contribution >= 4 is 39.4 Å². The van der Waals surface area contributed by atoms with Crippen molar-refractivity contribution in [3.63, 3.8) is 0 Å². The van der Waals surface area contributed by atoms with Crippen LogP contribution in [0.25, 0.3) is 0 Å². The number of carbonyl (C=O) groups is 5. The molecular formula is C36H57F2N5O7S. The summed E-state index contributed by atoms with van der Waals surface area (Å²) in [5, 5.41) is 10.7. The number of piperidine rings is 1. The number of nitrogens with one attached hydrogen (secondary N) is 4. The van der Waals surface area contributed by atoms with Crippen molar-refractivity contribution in [3.8, 4) is 0 Å². The zero-order valence-corrected chi connectivity index (χ0v) is 32.1. The van der Waals surface area contributed by atoms with E-state index in [1.165, 1.54) is 31.7 Å². The molecule has 1 heterocycles. The first-order chi connectivity index (χ1) is 23.3. The van der Waals surface area contributed by atoms with Crippen LogP contribution < -0.4 is 21.3 Å². The van der Waals surface area contributed by atoms with E-state index in [-0.39, 0.29) is 49.1 Å². The number of fused-ring (bicyclic) bond motifs is 1. The number of sulfone groups is 1. The van der Waals surface area contributed by atoms with Crippen LogP contribution in [-0.2, 0) is 29.0 Å². The molecule has 5 atom stereocenters. The van der Waals surface area contributed by atoms with Crippen LogP contribution in [0.3, 0.4) is 0 Å². The van der Waals surface area contributed by atoms with Crippen LogP contribution in [0.2, 0.25) is 0 Å². The SMILES string of the molecule is C=CCNC(=O)C(=O)C(CC1CC1)NC(=O)[C@@H]1[C@@H]2C(CN1C(=O)[C@@H](NC(=O)NC1(CS(=O)(=O)C(C)(C)C)CCC(F)(F)CC1)C(C)(C)C)C2(C)C. The Bertz CT molecular complexity index is 1520. The zero-order chi connectivity index (χ0) is 38.5. The molecule has 4 N–H and O–H groups in total. The first-order valence-electron chi connectivity index (χ1n) is 18.0. The Labute approximate surface area is 301 Å². The monoisotopic (exact) mass is 741 g/mol. The van der Waals surface area contributed by atoms with Gasteiger partial charge in [0.05, 0.1) is 22.1 Å². The van der Waals surface area contributed by atoms with Crippen LogP contribution in [-0.4, -0.2) is 96.0 Å². The number of likely N-dealkylation sites (tertiary alicyclic amines) is 1. The average Bonchev–Trinajstić information content (AvgIpc) is 3.85. The Hall–Kier alpha value is -3.10. The topological polar surface area (TPSA) is 171 Å². The second-order valence-electron chi connectivity index (χ2n) is 17.9. The maximum atomic E-state index is 14.4. The number of amides is 5. The van der Waals surface area contributed by atoms with Gasteiger partial charge in [-0.15, -0.1) is 6.58 Å². The van der Waals surface area contributed by atoms with Gasteiger partial charge in [0.15, 0.2) is 9.84 Å². The van der Waals surface area contributed by atoms with E-state index in [0.717, 1.165) is 12.8 Å². The summed E-state index contributed by atoms with van der Waals surface area (Å²) in [5.74, 6) is -6.27. The highest BCUT2D eigenvalue weighted by atomic mass is 32.2. The molecule has 1 saturated heterocycles. The molecule has 0 radical (unpaired) electrons. The third kappa shape index (κ3) is 9.11. The predicted molar refractivity (Wildman–Crippen MR) is 188 cm³/mol. The van der Waals surface area contributed by atoms with E-state index in [4.69, 9.17) is 0 Å². The highest BCUT2D eigenvalue weighted by Gasteiger charge is 2.70. The van der Waals surface area contributed by atoms with Crippen molar-refractivity contribution < 1.29 is 41.2 Å². The first-order valence-corrected chi connectivity index (χ1v) is 19.6. The fraction of sp³-hybridized carbons (Fsp3) is 0.806. The largest absolute Gasteiger partial charge is 0.346 e. The Morgan fingerprint density at radius 3 is 2.06 bits per heavy atom. The second kappa shape index (κ2) is 14.0. The van der Waals surface area contributed by atoms with Crippen LogP contribution in [0.15, 0.2) is 12.7 Å². The highest BCUT2D eigenvalue weighted by molar-refractivity contribution is 7.92. The Kier molecular flexibility index (Phi) is 11.2. The minimum atomic E-state index is -3.84. The minimum absolute atomic E-state index is 0.0186. The van der Waals surface area contributed by atoms with E-state index in [1.807, 2.05) is 13.8 Å². The standard InChI is InChI=1S/C36H57F2N5O7S/c1-10-17-39-29(46)26(44)23(18-21-11-12-21)40-28(45)25-24-22(34(24,8)9)19-43(25)30(47)27(32(2,3)4)41-31(48)42-35(13-15-36(37,38)16-14-35)20-51(49,50)33(5,6)7/h10,21-25,27H,1,11-20H2,2-9H3,(H,39,46)(H,40,45)(H2,41,42,48)/t22?,23?,24-,25-,27+/m0/s1. The number of Topliss-reactive ketones (excluding diaryl/α,β-unsaturated/α-hetero) is 1. The Morgan fingerprint density at radius 1 is 0.961 bits per heavy atom. The van der Waals surface area contributed by atoms with Gasteiger partial charge in [-0.1, -0.05) is 53.5 Å². The Balaban J connectivity index is 1.56. The zero-order valence-electron chi connectivity index (χ0n) is 31.3. The molecule has 0 aromatic carbocycles. The lowest BCUT2D eigenvalue weighted by molar-refractivity contribution is -0.145. The summed E-state index contributed by atoms with van der Waals surface area (Å²) in [5.41, 5.74) is -2.64. The fourth-order valence-corrected chi connectivity index (χ4v) is 9.12. The van der Waals surface area contributed by atoms with Gasteiger partial charge in [-0.2, -0.15) is 0 Å². The summed E-state index contributed by atoms with van der Waals surface area (Å²) < 4.78 is 53.9. The van der Waals surface area contributed by atoms with Crippen LogP contribution in [0.1, 0.15) is 100 Å². The molecule has 0 bridgehead atoms. The lowest BCUT2D eigenvalue weighted by Gasteiger charge is -2.43. The summed E-state index contributed by atoms with van der Waals surface area (Å²) in [6.07, 6.45) is 1.77. The predicted octanol–water partition coefficient (Wildman–Crippen LogP) is 3.50. The van der Waals surface area contributed by atoms with Crippen molar-refractivity contribution in [1.82, 2.24) is 26.2 Å². The van der Waals surface area contributed by atoms with Gasteiger partial charge in [0, 0.05) is 25.9 Å². The smallest absolute Gasteiger partial charge is 0.315 e. The third-order valence-electron chi connectivity index (χ3n) is 11.4. The number of urea groups is 1. The highest BCUT2D eigenvalue weighted by Crippen LogP contribution is 2.65. The molecule has 15 heteroatoms. The number of alkyl halides is 2. The lowest BCUT2D eigenvalue weighted by atomic mass is 9.81. The van der Waals surface area contributed by atoms with Crippen molar-refractivity contribution in [2.45, 2.75) is 135 Å². The maximum absolute atomic E-state index is 14.4. The molecular weight excluding hydrogens is 684 g/mol. The third-order valence-corrected chi connectivity index (χ3v) is 14.2. The molecule has 0 aromatic rings. The summed E-state index contributed by atoms with van der Waals surface area (Å²) >= 11 is 0. The molecule has 288 valence electrons. The number of hydrogen-bond acceptors (Lipinski definition) is 7. The molecule has 12 nitrogen and oxygen atoms in total. The van der Waals surface area contributed by atoms with Gasteiger partial charge in [0.2, 0.25) is 23.5 Å². The number of ketones is 1. The molecule has 5 amide bonds. The van der Waals surface area contributed by atoms with E-state index in [0.29, 0.717) is 6.42 Å². The van der Waals surface area contributed by atoms with Gasteiger partial charge >= 0.3 is 6.03 Å². The summed E-state index contributed by atoms with van der Waals surface area (Å²) in [4.78, 5) is 69.4. The number of rotatable bonds is 13. The summed E-state index contributed by atoms with van der Waals surface area (Å²) in [6.45, 7) is 17.6. The minimum Gasteiger partial charge on any atom is -0.346 e. The lowest BCUT2D eigenvalue weighted by Crippen LogP contribution is -2.64. The molecule has 4 aliphatic rings. The molecule has 3 saturated carbocycles. The van der Waals surface area contributed by atoms with Gasteiger partial charge in [-0.3, -0.25) is 19.2 Å².